The Morgan fingerprint density at radius 2 is 1.24 bits per heavy atom. The van der Waals surface area contributed by atoms with Crippen LogP contribution in [0.25, 0.3) is 49.0 Å². The molecule has 0 heteroatoms. The molecule has 5 aromatic carbocycles. The van der Waals surface area contributed by atoms with E-state index in [2.05, 4.69) is 124 Å². The molecule has 0 spiro atoms. The summed E-state index contributed by atoms with van der Waals surface area (Å²) in [5, 5.41) is 7.97. The van der Waals surface area contributed by atoms with E-state index in [1.165, 1.54) is 60.1 Å². The maximum atomic E-state index is 2.31. The van der Waals surface area contributed by atoms with Crippen molar-refractivity contribution in [1.29, 1.82) is 0 Å². The Hall–Kier alpha value is -3.64. The fourth-order valence-electron chi connectivity index (χ4n) is 5.38. The van der Waals surface area contributed by atoms with Crippen molar-refractivity contribution >= 4 is 37.9 Å². The molecule has 0 nitrogen and oxygen atoms in total. The molecule has 0 N–H and O–H groups in total. The van der Waals surface area contributed by atoms with Gasteiger partial charge in [0.1, 0.15) is 0 Å². The summed E-state index contributed by atoms with van der Waals surface area (Å²) in [6.45, 7) is 6.59. The molecule has 0 aliphatic carbocycles. The number of hydrogen-bond acceptors (Lipinski definition) is 0. The van der Waals surface area contributed by atoms with Gasteiger partial charge in [0.25, 0.3) is 0 Å². The molecule has 5 rings (SSSR count). The first-order valence-corrected chi connectivity index (χ1v) is 12.6. The molecule has 0 saturated heterocycles. The van der Waals surface area contributed by atoms with Crippen LogP contribution in [-0.4, -0.2) is 0 Å². The summed E-state index contributed by atoms with van der Waals surface area (Å²) in [6.07, 6.45) is 10.1. The highest BCUT2D eigenvalue weighted by Crippen LogP contribution is 2.44. The van der Waals surface area contributed by atoms with E-state index >= 15 is 0 Å². The minimum absolute atomic E-state index is 1.03. The predicted octanol–water partition coefficient (Wildman–Crippen LogP) is 10.1. The lowest BCUT2D eigenvalue weighted by molar-refractivity contribution is 0.930. The highest BCUT2D eigenvalue weighted by Gasteiger charge is 2.18. The minimum atomic E-state index is 1.03. The van der Waals surface area contributed by atoms with Gasteiger partial charge in [-0.3, -0.25) is 0 Å². The molecule has 0 unspecified atom stereocenters. The Balaban J connectivity index is 1.94. The fourth-order valence-corrected chi connectivity index (χ4v) is 5.38. The maximum absolute atomic E-state index is 2.31. The maximum Gasteiger partial charge on any atom is -0.00201 e. The van der Waals surface area contributed by atoms with Crippen LogP contribution in [0.5, 0.6) is 0 Å². The molecular weight excluding hydrogens is 408 g/mol. The Kier molecular flexibility index (Phi) is 6.32. The van der Waals surface area contributed by atoms with Crippen LogP contribution < -0.4 is 0 Å². The molecule has 0 aromatic heterocycles. The number of benzene rings is 5. The second kappa shape index (κ2) is 9.69. The predicted molar refractivity (Wildman–Crippen MR) is 151 cm³/mol. The average molecular weight is 441 g/mol. The van der Waals surface area contributed by atoms with Crippen LogP contribution in [0.4, 0.5) is 0 Å². The SMILES string of the molecule is C/C=C(\C=C/CC)c1c2ccccc2c(-c2cccc3c(CCC)cccc23)c2ccccc12. The minimum Gasteiger partial charge on any atom is -0.0842 e. The van der Waals surface area contributed by atoms with Crippen LogP contribution in [0.3, 0.4) is 0 Å². The molecule has 0 radical (unpaired) electrons. The number of aryl methyl sites for hydroxylation is 1. The number of allylic oxidation sites excluding steroid dienone is 4. The van der Waals surface area contributed by atoms with Gasteiger partial charge < -0.3 is 0 Å². The van der Waals surface area contributed by atoms with Crippen LogP contribution in [0.1, 0.15) is 44.7 Å². The zero-order chi connectivity index (χ0) is 23.5. The van der Waals surface area contributed by atoms with Crippen LogP contribution in [0, 0.1) is 0 Å². The van der Waals surface area contributed by atoms with Crippen molar-refractivity contribution in [2.24, 2.45) is 0 Å². The zero-order valence-corrected chi connectivity index (χ0v) is 20.4. The van der Waals surface area contributed by atoms with E-state index in [0.29, 0.717) is 0 Å². The molecule has 0 saturated carbocycles. The van der Waals surface area contributed by atoms with Crippen LogP contribution in [0.15, 0.2) is 103 Å². The molecule has 0 amide bonds. The first kappa shape index (κ1) is 22.2. The smallest absolute Gasteiger partial charge is 0.00201 e. The molecule has 0 aliphatic heterocycles. The van der Waals surface area contributed by atoms with Crippen molar-refractivity contribution in [3.63, 3.8) is 0 Å². The lowest BCUT2D eigenvalue weighted by atomic mass is 9.84. The van der Waals surface area contributed by atoms with Crippen LogP contribution in [-0.2, 0) is 6.42 Å². The molecule has 0 aliphatic rings. The van der Waals surface area contributed by atoms with Gasteiger partial charge in [-0.25, -0.2) is 0 Å². The van der Waals surface area contributed by atoms with Crippen LogP contribution in [0.2, 0.25) is 0 Å². The second-order valence-corrected chi connectivity index (χ2v) is 8.96. The second-order valence-electron chi connectivity index (χ2n) is 8.96. The Morgan fingerprint density at radius 3 is 1.85 bits per heavy atom. The third kappa shape index (κ3) is 3.74. The molecule has 0 heterocycles. The fraction of sp³-hybridized carbons (Fsp3) is 0.176. The summed E-state index contributed by atoms with van der Waals surface area (Å²) in [6, 6.07) is 31.5. The van der Waals surface area contributed by atoms with Gasteiger partial charge >= 0.3 is 0 Å². The van der Waals surface area contributed by atoms with Gasteiger partial charge in [0.15, 0.2) is 0 Å². The summed E-state index contributed by atoms with van der Waals surface area (Å²) in [5.74, 6) is 0. The van der Waals surface area contributed by atoms with Crippen LogP contribution >= 0.6 is 0 Å². The molecule has 0 atom stereocenters. The summed E-state index contributed by atoms with van der Waals surface area (Å²) in [4.78, 5) is 0. The van der Waals surface area contributed by atoms with Gasteiger partial charge in [-0.15, -0.1) is 0 Å². The number of rotatable bonds is 6. The summed E-state index contributed by atoms with van der Waals surface area (Å²) in [7, 11) is 0. The summed E-state index contributed by atoms with van der Waals surface area (Å²) >= 11 is 0. The van der Waals surface area contributed by atoms with Gasteiger partial charge in [0, 0.05) is 0 Å². The van der Waals surface area contributed by atoms with E-state index in [4.69, 9.17) is 0 Å². The van der Waals surface area contributed by atoms with Gasteiger partial charge in [0.05, 0.1) is 0 Å². The topological polar surface area (TPSA) is 0 Å². The zero-order valence-electron chi connectivity index (χ0n) is 20.4. The van der Waals surface area contributed by atoms with Crippen molar-refractivity contribution in [2.75, 3.05) is 0 Å². The first-order chi connectivity index (χ1) is 16.8. The van der Waals surface area contributed by atoms with Gasteiger partial charge in [-0.2, -0.15) is 0 Å². The van der Waals surface area contributed by atoms with Crippen molar-refractivity contribution in [2.45, 2.75) is 40.0 Å². The summed E-state index contributed by atoms with van der Waals surface area (Å²) < 4.78 is 0. The first-order valence-electron chi connectivity index (χ1n) is 12.6. The van der Waals surface area contributed by atoms with Gasteiger partial charge in [-0.05, 0) is 79.9 Å². The van der Waals surface area contributed by atoms with E-state index in [-0.39, 0.29) is 0 Å². The third-order valence-corrected chi connectivity index (χ3v) is 6.87. The van der Waals surface area contributed by atoms with Crippen molar-refractivity contribution in [3.05, 3.63) is 114 Å². The van der Waals surface area contributed by atoms with E-state index in [1.54, 1.807) is 0 Å². The molecule has 168 valence electrons. The number of hydrogen-bond donors (Lipinski definition) is 0. The monoisotopic (exact) mass is 440 g/mol. The molecule has 0 bridgehead atoms. The third-order valence-electron chi connectivity index (χ3n) is 6.87. The van der Waals surface area contributed by atoms with Gasteiger partial charge in [0.2, 0.25) is 0 Å². The molecular formula is C34H32. The van der Waals surface area contributed by atoms with Crippen molar-refractivity contribution in [1.82, 2.24) is 0 Å². The normalized spacial score (nSPS) is 12.4. The number of fused-ring (bicyclic) bond motifs is 3. The lowest BCUT2D eigenvalue weighted by Gasteiger charge is -2.19. The Morgan fingerprint density at radius 1 is 0.647 bits per heavy atom. The summed E-state index contributed by atoms with van der Waals surface area (Å²) in [5.41, 5.74) is 6.70. The van der Waals surface area contributed by atoms with E-state index < -0.39 is 0 Å². The highest BCUT2D eigenvalue weighted by molar-refractivity contribution is 6.21. The van der Waals surface area contributed by atoms with E-state index in [1.807, 2.05) is 0 Å². The lowest BCUT2D eigenvalue weighted by Crippen LogP contribution is -1.94. The average Bonchev–Trinajstić information content (AvgIpc) is 2.88. The van der Waals surface area contributed by atoms with Crippen molar-refractivity contribution in [3.8, 4) is 11.1 Å². The molecule has 5 aromatic rings. The largest absolute Gasteiger partial charge is 0.0842 e. The van der Waals surface area contributed by atoms with E-state index in [0.717, 1.165) is 19.3 Å². The Labute approximate surface area is 203 Å². The van der Waals surface area contributed by atoms with Crippen molar-refractivity contribution < 1.29 is 0 Å². The Bertz CT molecular complexity index is 1490. The highest BCUT2D eigenvalue weighted by atomic mass is 14.2. The standard InChI is InChI=1S/C34H32/c1-4-7-15-24(6-3)33-29-17-8-10-19-31(29)34(32-20-11-9-18-30(32)33)28-23-13-21-26-25(14-5-2)16-12-22-27(26)28/h6-13,15-23H,4-5,14H2,1-3H3/b15-7-,24-6+. The molecule has 34 heavy (non-hydrogen) atoms. The van der Waals surface area contributed by atoms with Gasteiger partial charge in [-0.1, -0.05) is 123 Å². The molecule has 0 fully saturated rings. The van der Waals surface area contributed by atoms with E-state index in [9.17, 15) is 0 Å². The quantitative estimate of drug-likeness (QED) is 0.182.